The van der Waals surface area contributed by atoms with Crippen LogP contribution in [0.15, 0.2) is 34.9 Å². The second-order valence-corrected chi connectivity index (χ2v) is 5.82. The van der Waals surface area contributed by atoms with Crippen molar-refractivity contribution in [1.82, 2.24) is 10.3 Å². The highest BCUT2D eigenvalue weighted by Gasteiger charge is 2.16. The van der Waals surface area contributed by atoms with Gasteiger partial charge >= 0.3 is 0 Å². The van der Waals surface area contributed by atoms with E-state index in [9.17, 15) is 4.79 Å². The number of rotatable bonds is 8. The van der Waals surface area contributed by atoms with Gasteiger partial charge in [-0.05, 0) is 24.5 Å². The van der Waals surface area contributed by atoms with E-state index in [0.717, 1.165) is 24.8 Å². The molecule has 1 atom stereocenters. The zero-order chi connectivity index (χ0) is 16.7. The molecule has 1 amide bonds. The van der Waals surface area contributed by atoms with Crippen molar-refractivity contribution in [2.24, 2.45) is 5.73 Å². The molecule has 5 nitrogen and oxygen atoms in total. The van der Waals surface area contributed by atoms with Crippen LogP contribution in [0.25, 0.3) is 0 Å². The Bertz CT molecular complexity index is 642. The van der Waals surface area contributed by atoms with Crippen LogP contribution in [0.4, 0.5) is 0 Å². The second kappa shape index (κ2) is 8.70. The molecular formula is C17H22ClN3O2. The Morgan fingerprint density at radius 2 is 2.22 bits per heavy atom. The van der Waals surface area contributed by atoms with Gasteiger partial charge in [0.05, 0.1) is 6.04 Å². The van der Waals surface area contributed by atoms with E-state index in [1.807, 2.05) is 24.3 Å². The number of unbranched alkanes of at least 4 members (excludes halogenated alkanes) is 1. The molecule has 0 spiro atoms. The summed E-state index contributed by atoms with van der Waals surface area (Å²) in [5.41, 5.74) is 7.24. The number of carbonyl (C=O) groups is 1. The highest BCUT2D eigenvalue weighted by Crippen LogP contribution is 2.17. The number of aromatic nitrogens is 1. The van der Waals surface area contributed by atoms with Crippen LogP contribution in [-0.4, -0.2) is 17.4 Å². The molecule has 1 heterocycles. The summed E-state index contributed by atoms with van der Waals surface area (Å²) in [6, 6.07) is 7.31. The average molecular weight is 336 g/mol. The van der Waals surface area contributed by atoms with E-state index in [0.29, 0.717) is 23.9 Å². The molecule has 2 aromatic rings. The van der Waals surface area contributed by atoms with Crippen molar-refractivity contribution in [3.63, 3.8) is 0 Å². The molecule has 1 aromatic heterocycles. The Morgan fingerprint density at radius 3 is 2.96 bits per heavy atom. The average Bonchev–Trinajstić information content (AvgIpc) is 3.04. The Labute approximate surface area is 141 Å². The Balaban J connectivity index is 1.84. The highest BCUT2D eigenvalue weighted by atomic mass is 35.5. The third kappa shape index (κ3) is 5.08. The first-order valence-corrected chi connectivity index (χ1v) is 8.22. The normalized spacial score (nSPS) is 12.1. The topological polar surface area (TPSA) is 81.1 Å². The largest absolute Gasteiger partial charge is 0.446 e. The molecule has 1 unspecified atom stereocenters. The van der Waals surface area contributed by atoms with Crippen molar-refractivity contribution >= 4 is 17.5 Å². The van der Waals surface area contributed by atoms with E-state index < -0.39 is 0 Å². The van der Waals surface area contributed by atoms with Crippen LogP contribution in [-0.2, 0) is 6.42 Å². The first kappa shape index (κ1) is 17.5. The number of oxazole rings is 1. The summed E-state index contributed by atoms with van der Waals surface area (Å²) < 4.78 is 5.31. The van der Waals surface area contributed by atoms with E-state index in [2.05, 4.69) is 17.2 Å². The van der Waals surface area contributed by atoms with Gasteiger partial charge in [-0.1, -0.05) is 49.6 Å². The number of nitrogens with two attached hydrogens (primary N) is 1. The fraction of sp³-hybridized carbons (Fsp3) is 0.412. The molecule has 0 saturated heterocycles. The molecule has 23 heavy (non-hydrogen) atoms. The van der Waals surface area contributed by atoms with Crippen LogP contribution in [0.2, 0.25) is 5.02 Å². The standard InChI is InChI=1S/C17H22ClN3O2/c1-2-3-8-14(19)17-21-15(11-23-17)16(22)20-10-9-12-6-4-5-7-13(12)18/h4-7,11,14H,2-3,8-10,19H2,1H3,(H,20,22). The minimum absolute atomic E-state index is 0.256. The van der Waals surface area contributed by atoms with E-state index in [1.165, 1.54) is 6.26 Å². The maximum absolute atomic E-state index is 12.1. The first-order valence-electron chi connectivity index (χ1n) is 7.84. The van der Waals surface area contributed by atoms with Gasteiger partial charge in [-0.2, -0.15) is 0 Å². The molecule has 0 saturated carbocycles. The fourth-order valence-electron chi connectivity index (χ4n) is 2.21. The quantitative estimate of drug-likeness (QED) is 0.773. The smallest absolute Gasteiger partial charge is 0.273 e. The van der Waals surface area contributed by atoms with Gasteiger partial charge in [-0.15, -0.1) is 0 Å². The van der Waals surface area contributed by atoms with E-state index in [-0.39, 0.29) is 17.6 Å². The SMILES string of the molecule is CCCCC(N)c1nc(C(=O)NCCc2ccccc2Cl)co1. The highest BCUT2D eigenvalue weighted by molar-refractivity contribution is 6.31. The number of hydrogen-bond donors (Lipinski definition) is 2. The van der Waals surface area contributed by atoms with E-state index in [4.69, 9.17) is 21.8 Å². The minimum Gasteiger partial charge on any atom is -0.446 e. The number of halogens is 1. The first-order chi connectivity index (χ1) is 11.1. The zero-order valence-corrected chi connectivity index (χ0v) is 14.0. The number of nitrogens with zero attached hydrogens (tertiary/aromatic N) is 1. The molecular weight excluding hydrogens is 314 g/mol. The third-order valence-electron chi connectivity index (χ3n) is 3.58. The molecule has 0 aliphatic carbocycles. The predicted octanol–water partition coefficient (Wildman–Crippen LogP) is 3.49. The van der Waals surface area contributed by atoms with Gasteiger partial charge in [0.1, 0.15) is 6.26 Å². The molecule has 3 N–H and O–H groups in total. The van der Waals surface area contributed by atoms with Gasteiger partial charge in [0, 0.05) is 11.6 Å². The van der Waals surface area contributed by atoms with Gasteiger partial charge in [-0.25, -0.2) is 4.98 Å². The number of hydrogen-bond acceptors (Lipinski definition) is 4. The van der Waals surface area contributed by atoms with Crippen molar-refractivity contribution in [3.05, 3.63) is 52.7 Å². The van der Waals surface area contributed by atoms with Crippen molar-refractivity contribution in [1.29, 1.82) is 0 Å². The molecule has 124 valence electrons. The summed E-state index contributed by atoms with van der Waals surface area (Å²) in [5.74, 6) is 0.143. The number of carbonyl (C=O) groups excluding carboxylic acids is 1. The van der Waals surface area contributed by atoms with E-state index in [1.54, 1.807) is 0 Å². The van der Waals surface area contributed by atoms with Crippen molar-refractivity contribution in [3.8, 4) is 0 Å². The summed E-state index contributed by atoms with van der Waals surface area (Å²) in [4.78, 5) is 16.2. The van der Waals surface area contributed by atoms with Crippen molar-refractivity contribution < 1.29 is 9.21 Å². The summed E-state index contributed by atoms with van der Waals surface area (Å²) in [6.07, 6.45) is 4.87. The molecule has 0 bridgehead atoms. The van der Waals surface area contributed by atoms with Crippen molar-refractivity contribution in [2.45, 2.75) is 38.6 Å². The maximum atomic E-state index is 12.1. The Kier molecular flexibility index (Phi) is 6.62. The van der Waals surface area contributed by atoms with Crippen LogP contribution in [0.1, 0.15) is 54.2 Å². The second-order valence-electron chi connectivity index (χ2n) is 5.42. The lowest BCUT2D eigenvalue weighted by atomic mass is 10.1. The third-order valence-corrected chi connectivity index (χ3v) is 3.95. The van der Waals surface area contributed by atoms with Gasteiger partial charge in [-0.3, -0.25) is 4.79 Å². The molecule has 0 aliphatic rings. The zero-order valence-electron chi connectivity index (χ0n) is 13.2. The Hall–Kier alpha value is -1.85. The maximum Gasteiger partial charge on any atom is 0.273 e. The van der Waals surface area contributed by atoms with Crippen LogP contribution in [0, 0.1) is 0 Å². The molecule has 2 rings (SSSR count). The van der Waals surface area contributed by atoms with Gasteiger partial charge in [0.25, 0.3) is 5.91 Å². The molecule has 0 fully saturated rings. The van der Waals surface area contributed by atoms with Gasteiger partial charge in [0.2, 0.25) is 5.89 Å². The lowest BCUT2D eigenvalue weighted by Crippen LogP contribution is -2.26. The predicted molar refractivity (Wildman–Crippen MR) is 90.4 cm³/mol. The monoisotopic (exact) mass is 335 g/mol. The van der Waals surface area contributed by atoms with Crippen LogP contribution in [0.3, 0.4) is 0 Å². The number of amides is 1. The number of nitrogens with one attached hydrogen (secondary N) is 1. The molecule has 6 heteroatoms. The Morgan fingerprint density at radius 1 is 1.43 bits per heavy atom. The van der Waals surface area contributed by atoms with E-state index >= 15 is 0 Å². The summed E-state index contributed by atoms with van der Waals surface area (Å²) in [7, 11) is 0. The van der Waals surface area contributed by atoms with Crippen LogP contribution in [0.5, 0.6) is 0 Å². The van der Waals surface area contributed by atoms with Crippen LogP contribution < -0.4 is 11.1 Å². The molecule has 1 aromatic carbocycles. The summed E-state index contributed by atoms with van der Waals surface area (Å²) in [5, 5.41) is 3.51. The number of benzene rings is 1. The molecule has 0 aliphatic heterocycles. The van der Waals surface area contributed by atoms with Crippen molar-refractivity contribution in [2.75, 3.05) is 6.54 Å². The minimum atomic E-state index is -0.269. The lowest BCUT2D eigenvalue weighted by molar-refractivity contribution is 0.0949. The summed E-state index contributed by atoms with van der Waals surface area (Å²) in [6.45, 7) is 2.58. The fourth-order valence-corrected chi connectivity index (χ4v) is 2.44. The summed E-state index contributed by atoms with van der Waals surface area (Å²) >= 11 is 6.08. The lowest BCUT2D eigenvalue weighted by Gasteiger charge is -2.06. The van der Waals surface area contributed by atoms with Gasteiger partial charge in [0.15, 0.2) is 5.69 Å². The molecule has 0 radical (unpaired) electrons. The van der Waals surface area contributed by atoms with Gasteiger partial charge < -0.3 is 15.5 Å². The van der Waals surface area contributed by atoms with Crippen LogP contribution >= 0.6 is 11.6 Å².